The molecule has 0 spiro atoms. The van der Waals surface area contributed by atoms with Crippen LogP contribution in [0, 0.1) is 0 Å². The molecular weight excluding hydrogens is 353 g/mol. The fourth-order valence-electron chi connectivity index (χ4n) is 1.99. The third-order valence-corrected chi connectivity index (χ3v) is 4.71. The van der Waals surface area contributed by atoms with E-state index in [4.69, 9.17) is 28.9 Å². The second-order valence-electron chi connectivity index (χ2n) is 4.65. The Morgan fingerprint density at radius 2 is 1.70 bits per heavy atom. The predicted octanol–water partition coefficient (Wildman–Crippen LogP) is 5.01. The molecule has 0 amide bonds. The first-order valence-corrected chi connectivity index (χ1v) is 8.20. The van der Waals surface area contributed by atoms with Crippen molar-refractivity contribution >= 4 is 57.0 Å². The number of benzene rings is 2. The van der Waals surface area contributed by atoms with Crippen LogP contribution >= 0.6 is 34.5 Å². The molecule has 2 aromatic carbocycles. The lowest BCUT2D eigenvalue weighted by Crippen LogP contribution is -2.02. The summed E-state index contributed by atoms with van der Waals surface area (Å²) in [5, 5.41) is 4.40. The van der Waals surface area contributed by atoms with E-state index in [1.165, 1.54) is 0 Å². The molecule has 0 aliphatic heterocycles. The maximum Gasteiger partial charge on any atom is 0.206 e. The minimum Gasteiger partial charge on any atom is -0.382 e. The largest absolute Gasteiger partial charge is 0.382 e. The number of para-hydroxylation sites is 1. The third-order valence-electron chi connectivity index (χ3n) is 3.09. The first kappa shape index (κ1) is 15.8. The van der Waals surface area contributed by atoms with Gasteiger partial charge < -0.3 is 11.1 Å². The van der Waals surface area contributed by atoms with E-state index >= 15 is 0 Å². The molecule has 0 aliphatic rings. The number of carbonyl (C=O) groups is 1. The highest BCUT2D eigenvalue weighted by Crippen LogP contribution is 2.35. The quantitative estimate of drug-likeness (QED) is 0.639. The number of ketones is 1. The van der Waals surface area contributed by atoms with Crippen LogP contribution < -0.4 is 11.1 Å². The van der Waals surface area contributed by atoms with E-state index in [9.17, 15) is 4.79 Å². The molecule has 0 bridgehead atoms. The summed E-state index contributed by atoms with van der Waals surface area (Å²) in [5.74, 6) is 0.00781. The van der Waals surface area contributed by atoms with Gasteiger partial charge in [-0.1, -0.05) is 70.9 Å². The van der Waals surface area contributed by atoms with E-state index in [0.29, 0.717) is 31.3 Å². The minimum absolute atomic E-state index is 0.168. The van der Waals surface area contributed by atoms with Gasteiger partial charge in [-0.25, -0.2) is 4.98 Å². The first-order chi connectivity index (χ1) is 11.1. The Morgan fingerprint density at radius 1 is 1.04 bits per heavy atom. The summed E-state index contributed by atoms with van der Waals surface area (Å²) in [6.45, 7) is 0. The molecular formula is C16H11Cl2N3OS. The van der Waals surface area contributed by atoms with Crippen molar-refractivity contribution in [3.05, 3.63) is 69.0 Å². The van der Waals surface area contributed by atoms with Gasteiger partial charge in [0.05, 0.1) is 15.7 Å². The van der Waals surface area contributed by atoms with Crippen LogP contribution in [-0.2, 0) is 0 Å². The number of hydrogen-bond donors (Lipinski definition) is 2. The average Bonchev–Trinajstić information content (AvgIpc) is 2.92. The lowest BCUT2D eigenvalue weighted by molar-refractivity contribution is 0.104. The number of nitrogen functional groups attached to an aromatic ring is 1. The highest BCUT2D eigenvalue weighted by atomic mass is 35.5. The van der Waals surface area contributed by atoms with E-state index < -0.39 is 0 Å². The van der Waals surface area contributed by atoms with Crippen molar-refractivity contribution in [3.8, 4) is 0 Å². The monoisotopic (exact) mass is 363 g/mol. The average molecular weight is 364 g/mol. The topological polar surface area (TPSA) is 68.0 Å². The molecule has 7 heteroatoms. The van der Waals surface area contributed by atoms with Crippen LogP contribution in [0.4, 0.5) is 16.6 Å². The molecule has 116 valence electrons. The van der Waals surface area contributed by atoms with Crippen molar-refractivity contribution < 1.29 is 4.79 Å². The number of nitrogens with one attached hydrogen (secondary N) is 1. The smallest absolute Gasteiger partial charge is 0.206 e. The van der Waals surface area contributed by atoms with Crippen LogP contribution in [-0.4, -0.2) is 10.8 Å². The number of nitrogens with two attached hydrogens (primary N) is 1. The lowest BCUT2D eigenvalue weighted by atomic mass is 10.1. The molecule has 3 rings (SSSR count). The van der Waals surface area contributed by atoms with Crippen molar-refractivity contribution in [1.82, 2.24) is 4.98 Å². The summed E-state index contributed by atoms with van der Waals surface area (Å²) in [6, 6.07) is 14.1. The van der Waals surface area contributed by atoms with Gasteiger partial charge in [0.25, 0.3) is 0 Å². The minimum atomic E-state index is -0.168. The van der Waals surface area contributed by atoms with E-state index in [0.717, 1.165) is 11.3 Å². The number of anilines is 3. The van der Waals surface area contributed by atoms with Gasteiger partial charge in [0, 0.05) is 5.56 Å². The predicted molar refractivity (Wildman–Crippen MR) is 96.1 cm³/mol. The summed E-state index contributed by atoms with van der Waals surface area (Å²) in [5.41, 5.74) is 6.97. The number of aromatic nitrogens is 1. The summed E-state index contributed by atoms with van der Waals surface area (Å²) in [4.78, 5) is 17.0. The van der Waals surface area contributed by atoms with Crippen LogP contribution in [0.1, 0.15) is 15.2 Å². The number of rotatable bonds is 4. The normalized spacial score (nSPS) is 10.5. The van der Waals surface area contributed by atoms with Crippen molar-refractivity contribution in [2.75, 3.05) is 11.1 Å². The fourth-order valence-corrected chi connectivity index (χ4v) is 3.34. The molecule has 0 fully saturated rings. The van der Waals surface area contributed by atoms with Crippen molar-refractivity contribution in [3.63, 3.8) is 0 Å². The molecule has 0 atom stereocenters. The van der Waals surface area contributed by atoms with Gasteiger partial charge in [-0.2, -0.15) is 0 Å². The van der Waals surface area contributed by atoms with Crippen LogP contribution in [0.3, 0.4) is 0 Å². The summed E-state index contributed by atoms with van der Waals surface area (Å²) >= 11 is 13.4. The first-order valence-electron chi connectivity index (χ1n) is 6.63. The summed E-state index contributed by atoms with van der Waals surface area (Å²) in [7, 11) is 0. The zero-order valence-corrected chi connectivity index (χ0v) is 14.0. The molecule has 0 saturated carbocycles. The van der Waals surface area contributed by atoms with Gasteiger partial charge in [0.1, 0.15) is 10.7 Å². The van der Waals surface area contributed by atoms with Crippen LogP contribution in [0.15, 0.2) is 48.5 Å². The molecule has 1 aromatic heterocycles. The second kappa shape index (κ2) is 6.58. The number of nitrogens with zero attached hydrogens (tertiary/aromatic N) is 1. The Morgan fingerprint density at radius 3 is 2.35 bits per heavy atom. The summed E-state index contributed by atoms with van der Waals surface area (Å²) < 4.78 is 0. The van der Waals surface area contributed by atoms with Gasteiger partial charge in [-0.05, 0) is 12.1 Å². The van der Waals surface area contributed by atoms with Crippen LogP contribution in [0.25, 0.3) is 0 Å². The second-order valence-corrected chi connectivity index (χ2v) is 6.46. The molecule has 0 saturated heterocycles. The molecule has 0 aliphatic carbocycles. The highest BCUT2D eigenvalue weighted by molar-refractivity contribution is 7.18. The Labute approximate surface area is 146 Å². The third kappa shape index (κ3) is 3.32. The Hall–Kier alpha value is -2.08. The molecule has 0 radical (unpaired) electrons. The zero-order chi connectivity index (χ0) is 16.4. The van der Waals surface area contributed by atoms with E-state index in [2.05, 4.69) is 10.3 Å². The number of halogens is 2. The fraction of sp³-hybridized carbons (Fsp3) is 0. The maximum absolute atomic E-state index is 12.5. The zero-order valence-electron chi connectivity index (χ0n) is 11.7. The standard InChI is InChI=1S/C16H11Cl2N3OS/c17-10-7-4-8-11(18)12(10)20-16-21-15(19)14(23-16)13(22)9-5-2-1-3-6-9/h1-8H,19H2,(H,20,21). The maximum atomic E-state index is 12.5. The Kier molecular flexibility index (Phi) is 4.52. The molecule has 3 aromatic rings. The van der Waals surface area contributed by atoms with Crippen molar-refractivity contribution in [2.45, 2.75) is 0 Å². The number of thiazole rings is 1. The van der Waals surface area contributed by atoms with Crippen LogP contribution in [0.5, 0.6) is 0 Å². The van der Waals surface area contributed by atoms with E-state index in [1.54, 1.807) is 42.5 Å². The van der Waals surface area contributed by atoms with Crippen molar-refractivity contribution in [1.29, 1.82) is 0 Å². The molecule has 3 N–H and O–H groups in total. The SMILES string of the molecule is Nc1nc(Nc2c(Cl)cccc2Cl)sc1C(=O)c1ccccc1. The number of carbonyl (C=O) groups excluding carboxylic acids is 1. The van der Waals surface area contributed by atoms with Gasteiger partial charge in [-0.3, -0.25) is 4.79 Å². The number of hydrogen-bond acceptors (Lipinski definition) is 5. The van der Waals surface area contributed by atoms with Gasteiger partial charge in [-0.15, -0.1) is 0 Å². The molecule has 4 nitrogen and oxygen atoms in total. The van der Waals surface area contributed by atoms with Gasteiger partial charge in [0.15, 0.2) is 5.13 Å². The lowest BCUT2D eigenvalue weighted by Gasteiger charge is -2.06. The van der Waals surface area contributed by atoms with E-state index in [-0.39, 0.29) is 11.6 Å². The van der Waals surface area contributed by atoms with Gasteiger partial charge in [0.2, 0.25) is 5.78 Å². The van der Waals surface area contributed by atoms with E-state index in [1.807, 2.05) is 6.07 Å². The molecule has 23 heavy (non-hydrogen) atoms. The Balaban J connectivity index is 1.91. The van der Waals surface area contributed by atoms with Crippen LogP contribution in [0.2, 0.25) is 10.0 Å². The molecule has 0 unspecified atom stereocenters. The Bertz CT molecular complexity index is 845. The van der Waals surface area contributed by atoms with Gasteiger partial charge >= 0.3 is 0 Å². The van der Waals surface area contributed by atoms with Crippen molar-refractivity contribution in [2.24, 2.45) is 0 Å². The highest BCUT2D eigenvalue weighted by Gasteiger charge is 2.18. The molecule has 1 heterocycles. The summed E-state index contributed by atoms with van der Waals surface area (Å²) in [6.07, 6.45) is 0.